The second kappa shape index (κ2) is 108. The highest BCUT2D eigenvalue weighted by Crippen LogP contribution is 2.23. The molecule has 800 valence electrons. The molecule has 19 nitrogen and oxygen atoms in total. The minimum Gasteiger partial charge on any atom is -0.449 e. The van der Waals surface area contributed by atoms with E-state index in [-0.39, 0.29) is 14.9 Å². The Kier molecular flexibility index (Phi) is 125. The molecule has 8 aliphatic heterocycles. The van der Waals surface area contributed by atoms with Gasteiger partial charge in [-0.3, -0.25) is 5.10 Å². The van der Waals surface area contributed by atoms with Crippen LogP contribution in [0.1, 0.15) is 441 Å². The number of aromatic amines is 1. The highest BCUT2D eigenvalue weighted by Gasteiger charge is 2.20. The Hall–Kier alpha value is -2.18. The molecule has 0 spiro atoms. The van der Waals surface area contributed by atoms with Gasteiger partial charge in [0.2, 0.25) is 0 Å². The van der Waals surface area contributed by atoms with E-state index in [1.54, 1.807) is 6.20 Å². The summed E-state index contributed by atoms with van der Waals surface area (Å²) in [7, 11) is 6.61. The zero-order valence-corrected chi connectivity index (χ0v) is 95.8. The molecule has 0 amide bonds. The van der Waals surface area contributed by atoms with Crippen LogP contribution >= 0.6 is 0 Å². The third-order valence-corrected chi connectivity index (χ3v) is 22.9. The van der Waals surface area contributed by atoms with Crippen molar-refractivity contribution in [1.29, 1.82) is 0 Å². The Morgan fingerprint density at radius 1 is 0.496 bits per heavy atom. The lowest BCUT2D eigenvalue weighted by Gasteiger charge is -2.29. The van der Waals surface area contributed by atoms with Gasteiger partial charge in [-0.25, -0.2) is 4.98 Å². The van der Waals surface area contributed by atoms with Crippen LogP contribution in [0.25, 0.3) is 0 Å². The van der Waals surface area contributed by atoms with Gasteiger partial charge in [0.15, 0.2) is 6.39 Å². The molecule has 0 radical (unpaired) electrons. The number of aryl methyl sites for hydroxylation is 3. The second-order valence-electron chi connectivity index (χ2n) is 42.3. The summed E-state index contributed by atoms with van der Waals surface area (Å²) in [5, 5.41) is 26.1. The molecular weight excluding hydrogens is 1610 g/mol. The average Bonchev–Trinajstić information content (AvgIpc) is 1.93. The first kappa shape index (κ1) is 152. The van der Waals surface area contributed by atoms with Crippen molar-refractivity contribution in [3.8, 4) is 0 Å². The Balaban J connectivity index is -0.000000129. The molecule has 0 bridgehead atoms. The summed E-state index contributed by atoms with van der Waals surface area (Å²) in [6.07, 6.45) is 38.6. The number of likely N-dealkylation sites (tertiary alicyclic amines) is 4. The van der Waals surface area contributed by atoms with Gasteiger partial charge in [0, 0.05) is 54.5 Å². The number of aromatic nitrogens is 3. The van der Waals surface area contributed by atoms with Crippen LogP contribution in [-0.4, -0.2) is 240 Å². The smallest absolute Gasteiger partial charge is 0.180 e. The van der Waals surface area contributed by atoms with Crippen molar-refractivity contribution in [1.82, 2.24) is 71.6 Å². The fourth-order valence-corrected chi connectivity index (χ4v) is 12.8. The molecule has 0 aromatic carbocycles. The summed E-state index contributed by atoms with van der Waals surface area (Å²) in [5.74, 6) is 7.36. The second-order valence-corrected chi connectivity index (χ2v) is 42.3. The molecule has 7 atom stereocenters. The highest BCUT2D eigenvalue weighted by molar-refractivity contribution is 5.03. The molecule has 8 saturated heterocycles. The molecule has 2 aromatic rings. The van der Waals surface area contributed by atoms with Gasteiger partial charge in [-0.2, -0.15) is 5.10 Å². The first-order valence-corrected chi connectivity index (χ1v) is 54.3. The van der Waals surface area contributed by atoms with Crippen molar-refractivity contribution in [2.75, 3.05) is 152 Å². The Morgan fingerprint density at radius 3 is 1.06 bits per heavy atom. The summed E-state index contributed by atoms with van der Waals surface area (Å²) >= 11 is 0. The minimum absolute atomic E-state index is 0. The summed E-state index contributed by atoms with van der Waals surface area (Å²) in [6, 6.07) is 6.86. The summed E-state index contributed by atoms with van der Waals surface area (Å²) in [5.41, 5.74) is 24.9. The van der Waals surface area contributed by atoms with E-state index in [9.17, 15) is 0 Å². The van der Waals surface area contributed by atoms with E-state index in [0.717, 1.165) is 122 Å². The molecule has 2 aromatic heterocycles. The van der Waals surface area contributed by atoms with Crippen molar-refractivity contribution < 1.29 is 4.42 Å². The zero-order valence-electron chi connectivity index (χ0n) is 95.8. The van der Waals surface area contributed by atoms with Crippen LogP contribution < -0.4 is 54.8 Å². The number of nitrogens with two attached hydrogens (primary N) is 4. The number of nitrogens with zero attached hydrogens (tertiary/aromatic N) is 7. The number of H-pyrrole nitrogens is 1. The van der Waals surface area contributed by atoms with Crippen LogP contribution in [0.4, 0.5) is 0 Å². The van der Waals surface area contributed by atoms with Crippen LogP contribution in [0.3, 0.4) is 0 Å². The summed E-state index contributed by atoms with van der Waals surface area (Å²) < 4.78 is 4.72. The van der Waals surface area contributed by atoms with E-state index >= 15 is 0 Å². The third-order valence-electron chi connectivity index (χ3n) is 22.9. The maximum absolute atomic E-state index is 5.76. The largest absolute Gasteiger partial charge is 0.449 e. The summed E-state index contributed by atoms with van der Waals surface area (Å²) in [4.78, 5) is 15.8. The van der Waals surface area contributed by atoms with Crippen LogP contribution in [0.5, 0.6) is 0 Å². The van der Waals surface area contributed by atoms with E-state index in [2.05, 4.69) is 300 Å². The molecule has 2 aliphatic carbocycles. The SMILES string of the molecule is C.C.CC.CC(C)(C)C.CC(C)N.CC1CCCCC1.CC1CCCCN1C.CC1CCCN1.CC1CCN(C)CC1.CC1CCN(C)CC1.CC1CCN1.CC1CCNCC1.CC1CNC1.CCC.CCC(C)N.CCC(N)C(C)C.CCC(N)CC(C)(C)C.CCN(CC)CC.CCN1CCCC(C)C1.CCNC1CC1.CCNCC.Cc1cc(C)[nH]n1.Cc1cnco1. The predicted molar refractivity (Wildman–Crippen MR) is 601 cm³/mol. The van der Waals surface area contributed by atoms with Gasteiger partial charge < -0.3 is 83.8 Å². The van der Waals surface area contributed by atoms with Crippen LogP contribution in [0, 0.1) is 73.0 Å². The topological polar surface area (TPSA) is 247 Å². The quantitative estimate of drug-likeness (QED) is 0.0892. The molecule has 10 fully saturated rings. The van der Waals surface area contributed by atoms with Gasteiger partial charge >= 0.3 is 0 Å². The molecule has 10 aliphatic rings. The molecule has 10 heterocycles. The molecule has 15 N–H and O–H groups in total. The number of hydrogen-bond donors (Lipinski definition) is 11. The molecule has 7 unspecified atom stereocenters. The maximum Gasteiger partial charge on any atom is 0.180 e. The molecule has 2 saturated carbocycles. The van der Waals surface area contributed by atoms with Crippen molar-refractivity contribution >= 4 is 0 Å². The third kappa shape index (κ3) is 139. The number of hydrogen-bond acceptors (Lipinski definition) is 18. The van der Waals surface area contributed by atoms with Gasteiger partial charge in [-0.15, -0.1) is 0 Å². The lowest BCUT2D eigenvalue weighted by molar-refractivity contribution is 0.192. The Bertz CT molecular complexity index is 2180. The van der Waals surface area contributed by atoms with E-state index in [1.807, 2.05) is 61.5 Å². The van der Waals surface area contributed by atoms with E-state index in [0.29, 0.717) is 40.9 Å². The monoisotopic (exact) mass is 1870 g/mol. The van der Waals surface area contributed by atoms with Gasteiger partial charge in [-0.1, -0.05) is 274 Å². The minimum atomic E-state index is 0. The lowest BCUT2D eigenvalue weighted by atomic mass is 9.88. The predicted octanol–water partition coefficient (Wildman–Crippen LogP) is 26.0. The molecule has 12 rings (SSSR count). The van der Waals surface area contributed by atoms with Crippen LogP contribution in [0.2, 0.25) is 0 Å². The van der Waals surface area contributed by atoms with Crippen LogP contribution in [0.15, 0.2) is 23.1 Å². The number of oxazole rings is 1. The number of piperidine rings is 5. The van der Waals surface area contributed by atoms with Gasteiger partial charge in [0.05, 0.1) is 11.9 Å². The Morgan fingerprint density at radius 2 is 0.916 bits per heavy atom. The van der Waals surface area contributed by atoms with Crippen molar-refractivity contribution in [3.63, 3.8) is 0 Å². The number of nitrogens with one attached hydrogen (secondary N) is 7. The van der Waals surface area contributed by atoms with Gasteiger partial charge in [0.25, 0.3) is 0 Å². The van der Waals surface area contributed by atoms with Crippen LogP contribution in [-0.2, 0) is 0 Å². The van der Waals surface area contributed by atoms with E-state index in [1.165, 1.54) is 259 Å². The van der Waals surface area contributed by atoms with Crippen molar-refractivity contribution in [2.45, 2.75) is 493 Å². The lowest BCUT2D eigenvalue weighted by Crippen LogP contribution is -2.39. The van der Waals surface area contributed by atoms with Gasteiger partial charge in [0.1, 0.15) is 5.76 Å². The maximum atomic E-state index is 5.76. The zero-order chi connectivity index (χ0) is 101. The van der Waals surface area contributed by atoms with E-state index < -0.39 is 0 Å². The Labute approximate surface area is 827 Å². The van der Waals surface area contributed by atoms with Crippen molar-refractivity contribution in [2.24, 2.45) is 75.2 Å². The average molecular weight is 1870 g/mol. The first-order chi connectivity index (χ1) is 60.6. The summed E-state index contributed by atoms with van der Waals surface area (Å²) in [6.45, 7) is 107. The first-order valence-electron chi connectivity index (χ1n) is 54.3. The van der Waals surface area contributed by atoms with E-state index in [4.69, 9.17) is 27.4 Å². The highest BCUT2D eigenvalue weighted by atomic mass is 16.3. The van der Waals surface area contributed by atoms with Crippen molar-refractivity contribution in [3.05, 3.63) is 35.8 Å². The normalized spacial score (nSPS) is 20.1. The standard InChI is InChI=1S/C8H17N.C8H19N.3C7H15N.C7H14.C6H13N.2C6H15N.C5H8N2.2C5H11N.C5H12.C4H5NO.2C4H9N.2C4H11N.C3H9N.C3H8.C2H6.2CH4/c1-3-9-6-4-5-8(2)7-9;1-5-7(9)6-8(2,3)4;2*1-7-3-5-8(2)6-4-7;1-7-5-3-4-6-8(7)2;1-7-5-3-2-4-6-7;1-6-2-4-7-5-3-6;1-4-7(5-2)6-3;1-4-6(7)5(2)3;1-4-3-5(2)7-6-4;1-5-3-2-4-6-5;1-2-6-5-3-4-5;1-5(2,3)4;1-4-2-5-3-6-4;1-4-2-5-3-4;1-4-2-3-5-4;1-3-5-4-2;1-3-4(2)5;1-3(2)4;1-3-2;1-2;;/h8H,3-7H2,1-2H3;7H,5-6,9H2,1-4H3;3*7H,3-6H2,1-2H3;7H,2-6H2,1H3;6-7H,2-5H2,1H3;4-6H2,1-3H3;5-6H,4,7H2,1-3H3;3H,1-2H3,(H,6,7);2*5-6H,2-4H2,1H3;1-4H3;2-3H,1H3;2*4-5H,2-3H2,1H3;5H,3-4H2,1-2H3;4H,3,5H2,1-2H3;3H,4H2,1-2H3;3H2,1-2H3;1-2H3;2*1H4. The number of rotatable bonds is 13. The fourth-order valence-electron chi connectivity index (χ4n) is 12.8. The molecular formula is C112H256N18O. The molecule has 131 heavy (non-hydrogen) atoms. The molecule has 19 heteroatoms. The van der Waals surface area contributed by atoms with Gasteiger partial charge in [-0.05, 0) is 380 Å². The fraction of sp³-hybridized carbons (Fsp3) is 0.946.